The molecule has 112 valence electrons. The average Bonchev–Trinajstić information content (AvgIpc) is 2.48. The summed E-state index contributed by atoms with van der Waals surface area (Å²) in [5.74, 6) is 3.10. The summed E-state index contributed by atoms with van der Waals surface area (Å²) in [5.41, 5.74) is 2.28. The van der Waals surface area contributed by atoms with Crippen LogP contribution in [0.5, 0.6) is 0 Å². The molecular formula is C18H23NO2. The molecule has 0 spiro atoms. The fraction of sp³-hybridized carbons (Fsp3) is 0.500. The summed E-state index contributed by atoms with van der Waals surface area (Å²) in [6.45, 7) is 4.70. The normalized spacial score (nSPS) is 18.3. The Morgan fingerprint density at radius 1 is 1.52 bits per heavy atom. The first-order chi connectivity index (χ1) is 10.2. The lowest BCUT2D eigenvalue weighted by molar-refractivity contribution is -0.132. The van der Waals surface area contributed by atoms with Crippen LogP contribution in [0.1, 0.15) is 24.0 Å². The standard InChI is InChI=1S/C18H23NO2/c1-3-10-21-14-17-8-5-9-19(13-17)18(20)12-16-7-4-6-15(2)11-16/h1,4,6-7,11,17H,5,8-10,12-14H2,2H3. The summed E-state index contributed by atoms with van der Waals surface area (Å²) >= 11 is 0. The minimum Gasteiger partial charge on any atom is -0.368 e. The van der Waals surface area contributed by atoms with Crippen molar-refractivity contribution in [3.8, 4) is 12.3 Å². The third kappa shape index (κ3) is 4.91. The van der Waals surface area contributed by atoms with Gasteiger partial charge in [-0.3, -0.25) is 4.79 Å². The molecular weight excluding hydrogens is 262 g/mol. The Balaban J connectivity index is 1.85. The Kier molecular flexibility index (Phi) is 5.83. The maximum atomic E-state index is 12.4. The number of rotatable bonds is 5. The highest BCUT2D eigenvalue weighted by molar-refractivity contribution is 5.78. The highest BCUT2D eigenvalue weighted by atomic mass is 16.5. The molecule has 0 N–H and O–H groups in total. The van der Waals surface area contributed by atoms with E-state index in [-0.39, 0.29) is 5.91 Å². The summed E-state index contributed by atoms with van der Waals surface area (Å²) in [6.07, 6.45) is 7.82. The highest BCUT2D eigenvalue weighted by Crippen LogP contribution is 2.18. The summed E-state index contributed by atoms with van der Waals surface area (Å²) in [5, 5.41) is 0. The van der Waals surface area contributed by atoms with E-state index in [1.165, 1.54) is 5.56 Å². The van der Waals surface area contributed by atoms with E-state index in [1.54, 1.807) is 0 Å². The molecule has 3 nitrogen and oxygen atoms in total. The molecule has 3 heteroatoms. The molecule has 1 aliphatic heterocycles. The van der Waals surface area contributed by atoms with Gasteiger partial charge in [0.05, 0.1) is 13.0 Å². The quantitative estimate of drug-likeness (QED) is 0.614. The van der Waals surface area contributed by atoms with Gasteiger partial charge in [0, 0.05) is 13.1 Å². The maximum absolute atomic E-state index is 12.4. The van der Waals surface area contributed by atoms with E-state index in [2.05, 4.69) is 12.0 Å². The molecule has 1 amide bonds. The second-order valence-electron chi connectivity index (χ2n) is 5.73. The van der Waals surface area contributed by atoms with E-state index in [0.29, 0.717) is 25.6 Å². The Morgan fingerprint density at radius 2 is 2.38 bits per heavy atom. The smallest absolute Gasteiger partial charge is 0.227 e. The van der Waals surface area contributed by atoms with Crippen LogP contribution in [-0.2, 0) is 16.0 Å². The first kappa shape index (κ1) is 15.6. The summed E-state index contributed by atoms with van der Waals surface area (Å²) in [4.78, 5) is 14.4. The van der Waals surface area contributed by atoms with Crippen molar-refractivity contribution in [2.24, 2.45) is 5.92 Å². The second-order valence-corrected chi connectivity index (χ2v) is 5.73. The monoisotopic (exact) mass is 285 g/mol. The number of carbonyl (C=O) groups excluding carboxylic acids is 1. The third-order valence-corrected chi connectivity index (χ3v) is 3.85. The van der Waals surface area contributed by atoms with Crippen molar-refractivity contribution < 1.29 is 9.53 Å². The predicted molar refractivity (Wildman–Crippen MR) is 83.8 cm³/mol. The molecule has 1 heterocycles. The van der Waals surface area contributed by atoms with E-state index >= 15 is 0 Å². The van der Waals surface area contributed by atoms with Crippen molar-refractivity contribution >= 4 is 5.91 Å². The largest absolute Gasteiger partial charge is 0.368 e. The fourth-order valence-corrected chi connectivity index (χ4v) is 2.82. The molecule has 1 aliphatic rings. The lowest BCUT2D eigenvalue weighted by Gasteiger charge is -2.32. The van der Waals surface area contributed by atoms with Gasteiger partial charge in [0.25, 0.3) is 0 Å². The van der Waals surface area contributed by atoms with E-state index in [1.807, 2.05) is 30.0 Å². The van der Waals surface area contributed by atoms with Crippen LogP contribution in [0.15, 0.2) is 24.3 Å². The molecule has 0 aliphatic carbocycles. The Morgan fingerprint density at radius 3 is 3.14 bits per heavy atom. The third-order valence-electron chi connectivity index (χ3n) is 3.85. The number of hydrogen-bond donors (Lipinski definition) is 0. The molecule has 2 rings (SSSR count). The van der Waals surface area contributed by atoms with Crippen molar-refractivity contribution in [3.05, 3.63) is 35.4 Å². The number of piperidine rings is 1. The highest BCUT2D eigenvalue weighted by Gasteiger charge is 2.23. The first-order valence-corrected chi connectivity index (χ1v) is 7.53. The molecule has 0 bridgehead atoms. The van der Waals surface area contributed by atoms with E-state index in [9.17, 15) is 4.79 Å². The number of amides is 1. The number of nitrogens with zero attached hydrogens (tertiary/aromatic N) is 1. The zero-order chi connectivity index (χ0) is 15.1. The Bertz CT molecular complexity index is 518. The number of ether oxygens (including phenoxy) is 1. The molecule has 0 saturated carbocycles. The van der Waals surface area contributed by atoms with Gasteiger partial charge in [0.15, 0.2) is 0 Å². The van der Waals surface area contributed by atoms with Crippen LogP contribution < -0.4 is 0 Å². The van der Waals surface area contributed by atoms with E-state index in [0.717, 1.165) is 31.5 Å². The van der Waals surface area contributed by atoms with Crippen LogP contribution >= 0.6 is 0 Å². The van der Waals surface area contributed by atoms with Gasteiger partial charge in [0.1, 0.15) is 6.61 Å². The van der Waals surface area contributed by atoms with Gasteiger partial charge in [-0.15, -0.1) is 6.42 Å². The van der Waals surface area contributed by atoms with Crippen LogP contribution in [0.3, 0.4) is 0 Å². The number of carbonyl (C=O) groups is 1. The zero-order valence-electron chi connectivity index (χ0n) is 12.7. The molecule has 1 saturated heterocycles. The molecule has 1 unspecified atom stereocenters. The molecule has 21 heavy (non-hydrogen) atoms. The van der Waals surface area contributed by atoms with Gasteiger partial charge in [-0.25, -0.2) is 0 Å². The number of likely N-dealkylation sites (tertiary alicyclic amines) is 1. The minimum absolute atomic E-state index is 0.210. The Labute approximate surface area is 127 Å². The summed E-state index contributed by atoms with van der Waals surface area (Å²) in [6, 6.07) is 8.15. The van der Waals surface area contributed by atoms with Crippen LogP contribution in [0.25, 0.3) is 0 Å². The number of aryl methyl sites for hydroxylation is 1. The van der Waals surface area contributed by atoms with E-state index in [4.69, 9.17) is 11.2 Å². The SMILES string of the molecule is C#CCOCC1CCCN(C(=O)Cc2cccc(C)c2)C1. The molecule has 1 atom stereocenters. The maximum Gasteiger partial charge on any atom is 0.227 e. The predicted octanol–water partition coefficient (Wildman–Crippen LogP) is 2.43. The van der Waals surface area contributed by atoms with Crippen molar-refractivity contribution in [1.82, 2.24) is 4.90 Å². The molecule has 1 aromatic carbocycles. The molecule has 0 radical (unpaired) electrons. The van der Waals surface area contributed by atoms with Crippen LogP contribution in [0.4, 0.5) is 0 Å². The van der Waals surface area contributed by atoms with Gasteiger partial charge in [-0.05, 0) is 31.2 Å². The average molecular weight is 285 g/mol. The number of terminal acetylenes is 1. The fourth-order valence-electron chi connectivity index (χ4n) is 2.82. The minimum atomic E-state index is 0.210. The van der Waals surface area contributed by atoms with Crippen LogP contribution in [0, 0.1) is 25.2 Å². The number of hydrogen-bond acceptors (Lipinski definition) is 2. The zero-order valence-corrected chi connectivity index (χ0v) is 12.7. The van der Waals surface area contributed by atoms with Gasteiger partial charge in [0.2, 0.25) is 5.91 Å². The van der Waals surface area contributed by atoms with Crippen LogP contribution in [0.2, 0.25) is 0 Å². The lowest BCUT2D eigenvalue weighted by Crippen LogP contribution is -2.42. The van der Waals surface area contributed by atoms with Crippen LogP contribution in [-0.4, -0.2) is 37.1 Å². The number of benzene rings is 1. The van der Waals surface area contributed by atoms with Crippen molar-refractivity contribution in [2.45, 2.75) is 26.2 Å². The van der Waals surface area contributed by atoms with Gasteiger partial charge in [-0.2, -0.15) is 0 Å². The van der Waals surface area contributed by atoms with E-state index < -0.39 is 0 Å². The molecule has 1 fully saturated rings. The van der Waals surface area contributed by atoms with Crippen molar-refractivity contribution in [1.29, 1.82) is 0 Å². The van der Waals surface area contributed by atoms with Gasteiger partial charge < -0.3 is 9.64 Å². The molecule has 1 aromatic rings. The van der Waals surface area contributed by atoms with Gasteiger partial charge in [-0.1, -0.05) is 35.7 Å². The summed E-state index contributed by atoms with van der Waals surface area (Å²) < 4.78 is 5.41. The van der Waals surface area contributed by atoms with Crippen molar-refractivity contribution in [2.75, 3.05) is 26.3 Å². The summed E-state index contributed by atoms with van der Waals surface area (Å²) in [7, 11) is 0. The lowest BCUT2D eigenvalue weighted by atomic mass is 9.98. The Hall–Kier alpha value is -1.79. The topological polar surface area (TPSA) is 29.5 Å². The van der Waals surface area contributed by atoms with Crippen molar-refractivity contribution in [3.63, 3.8) is 0 Å². The second kappa shape index (κ2) is 7.85. The van der Waals surface area contributed by atoms with Gasteiger partial charge >= 0.3 is 0 Å². The first-order valence-electron chi connectivity index (χ1n) is 7.53. The molecule has 0 aromatic heterocycles.